The van der Waals surface area contributed by atoms with Crippen LogP contribution < -0.4 is 0 Å². The Bertz CT molecular complexity index is 418. The third-order valence-electron chi connectivity index (χ3n) is 2.67. The van der Waals surface area contributed by atoms with Crippen LogP contribution in [-0.2, 0) is 14.3 Å². The summed E-state index contributed by atoms with van der Waals surface area (Å²) >= 11 is 1.01. The van der Waals surface area contributed by atoms with Gasteiger partial charge < -0.3 is 14.3 Å². The average molecular weight is 315 g/mol. The summed E-state index contributed by atoms with van der Waals surface area (Å²) in [4.78, 5) is 36.0. The summed E-state index contributed by atoms with van der Waals surface area (Å²) in [7, 11) is 0. The molecule has 1 aliphatic heterocycles. The molecule has 0 N–H and O–H groups in total. The molecule has 6 nitrogen and oxygen atoms in total. The molecule has 1 heterocycles. The molecule has 118 valence electrons. The summed E-state index contributed by atoms with van der Waals surface area (Å²) in [6.45, 7) is 9.18. The molecule has 1 saturated heterocycles. The van der Waals surface area contributed by atoms with Crippen molar-refractivity contribution < 1.29 is 23.9 Å². The Kier molecular flexibility index (Phi) is 6.26. The second kappa shape index (κ2) is 7.49. The van der Waals surface area contributed by atoms with E-state index in [0.29, 0.717) is 12.7 Å². The number of thioether (sulfide) groups is 1. The van der Waals surface area contributed by atoms with Crippen LogP contribution in [0.1, 0.15) is 27.2 Å². The molecule has 0 spiro atoms. The van der Waals surface area contributed by atoms with E-state index < -0.39 is 23.0 Å². The number of carbonyl (C=O) groups is 3. The van der Waals surface area contributed by atoms with Gasteiger partial charge in [0.15, 0.2) is 0 Å². The number of ether oxygens (including phenoxy) is 2. The Labute approximate surface area is 128 Å². The van der Waals surface area contributed by atoms with Crippen molar-refractivity contribution >= 4 is 29.4 Å². The molecule has 1 fully saturated rings. The quantitative estimate of drug-likeness (QED) is 0.451. The zero-order valence-corrected chi connectivity index (χ0v) is 13.4. The van der Waals surface area contributed by atoms with Crippen LogP contribution in [0.3, 0.4) is 0 Å². The van der Waals surface area contributed by atoms with Crippen molar-refractivity contribution in [2.75, 3.05) is 13.2 Å². The zero-order chi connectivity index (χ0) is 16.0. The van der Waals surface area contributed by atoms with E-state index in [2.05, 4.69) is 6.58 Å². The highest BCUT2D eigenvalue weighted by atomic mass is 32.2. The third-order valence-corrected chi connectivity index (χ3v) is 3.62. The van der Waals surface area contributed by atoms with Crippen molar-refractivity contribution in [3.8, 4) is 0 Å². The first-order valence-corrected chi connectivity index (χ1v) is 7.54. The van der Waals surface area contributed by atoms with Crippen molar-refractivity contribution in [3.05, 3.63) is 12.7 Å². The molecule has 0 aromatic heterocycles. The highest BCUT2D eigenvalue weighted by molar-refractivity contribution is 8.13. The van der Waals surface area contributed by atoms with Gasteiger partial charge in [0.25, 0.3) is 0 Å². The van der Waals surface area contributed by atoms with Crippen LogP contribution in [0.5, 0.6) is 0 Å². The molecule has 0 saturated carbocycles. The van der Waals surface area contributed by atoms with Gasteiger partial charge in [-0.1, -0.05) is 12.7 Å². The minimum Gasteiger partial charge on any atom is -0.452 e. The second-order valence-corrected chi connectivity index (χ2v) is 6.90. The number of aldehydes is 1. The van der Waals surface area contributed by atoms with Crippen LogP contribution in [0.25, 0.3) is 0 Å². The smallest absolute Gasteiger partial charge is 0.410 e. The van der Waals surface area contributed by atoms with Gasteiger partial charge in [0.05, 0.1) is 6.04 Å². The fraction of sp³-hybridized carbons (Fsp3) is 0.643. The average Bonchev–Trinajstić information content (AvgIpc) is 2.76. The summed E-state index contributed by atoms with van der Waals surface area (Å²) in [5.74, 6) is 0. The van der Waals surface area contributed by atoms with Gasteiger partial charge in [-0.3, -0.25) is 4.90 Å². The Morgan fingerprint density at radius 2 is 2.10 bits per heavy atom. The Hall–Kier alpha value is -1.50. The molecular weight excluding hydrogens is 294 g/mol. The number of nitrogens with zero attached hydrogens (tertiary/aromatic N) is 1. The Balaban J connectivity index is 2.56. The summed E-state index contributed by atoms with van der Waals surface area (Å²) in [5, 5.41) is -0.579. The number of hydrogen-bond donors (Lipinski definition) is 0. The van der Waals surface area contributed by atoms with Crippen LogP contribution in [0.4, 0.5) is 9.59 Å². The molecule has 7 heteroatoms. The normalized spacial score (nSPS) is 21.8. The summed E-state index contributed by atoms with van der Waals surface area (Å²) < 4.78 is 10.1. The number of carbonyl (C=O) groups excluding carboxylic acids is 3. The van der Waals surface area contributed by atoms with Crippen molar-refractivity contribution in [2.45, 2.75) is 44.1 Å². The van der Waals surface area contributed by atoms with E-state index in [1.807, 2.05) is 0 Å². The lowest BCUT2D eigenvalue weighted by Gasteiger charge is -2.20. The second-order valence-electron chi connectivity index (χ2n) is 5.66. The molecule has 2 atom stereocenters. The first kappa shape index (κ1) is 17.6. The number of amides is 1. The Morgan fingerprint density at radius 1 is 1.43 bits per heavy atom. The van der Waals surface area contributed by atoms with Crippen LogP contribution >= 0.6 is 11.8 Å². The van der Waals surface area contributed by atoms with Crippen molar-refractivity contribution in [2.24, 2.45) is 0 Å². The molecule has 1 aliphatic rings. The maximum absolute atomic E-state index is 11.8. The predicted molar refractivity (Wildman–Crippen MR) is 80.3 cm³/mol. The van der Waals surface area contributed by atoms with Gasteiger partial charge in [-0.15, -0.1) is 0 Å². The van der Waals surface area contributed by atoms with Gasteiger partial charge in [-0.05, 0) is 39.0 Å². The lowest BCUT2D eigenvalue weighted by atomic mass is 10.2. The van der Waals surface area contributed by atoms with E-state index in [1.165, 1.54) is 11.0 Å². The fourth-order valence-electron chi connectivity index (χ4n) is 1.87. The SMILES string of the molecule is C=CCOC(=O)N1C[C@@H](SC(=O)OC(C)(C)C)C[C@H]1C=O. The van der Waals surface area contributed by atoms with Crippen molar-refractivity contribution in [1.29, 1.82) is 0 Å². The van der Waals surface area contributed by atoms with E-state index in [0.717, 1.165) is 11.8 Å². The van der Waals surface area contributed by atoms with Gasteiger partial charge >= 0.3 is 11.4 Å². The largest absolute Gasteiger partial charge is 0.452 e. The number of hydrogen-bond acceptors (Lipinski definition) is 6. The van der Waals surface area contributed by atoms with E-state index in [1.54, 1.807) is 20.8 Å². The molecular formula is C14H21NO5S. The summed E-state index contributed by atoms with van der Waals surface area (Å²) in [6, 6.07) is -0.567. The highest BCUT2D eigenvalue weighted by Gasteiger charge is 2.38. The third kappa shape index (κ3) is 5.79. The molecule has 0 bridgehead atoms. The molecule has 1 rings (SSSR count). The standard InChI is InChI=1S/C14H21NO5S/c1-5-6-19-12(17)15-8-11(7-10(15)9-16)21-13(18)20-14(2,3)4/h5,9-11H,1,6-8H2,2-4H3/t10-,11-/m0/s1. The first-order chi connectivity index (χ1) is 9.76. The summed E-state index contributed by atoms with van der Waals surface area (Å²) in [6.07, 6.45) is 2.00. The van der Waals surface area contributed by atoms with Crippen molar-refractivity contribution in [3.63, 3.8) is 0 Å². The molecule has 21 heavy (non-hydrogen) atoms. The van der Waals surface area contributed by atoms with Gasteiger partial charge in [-0.25, -0.2) is 9.59 Å². The zero-order valence-electron chi connectivity index (χ0n) is 12.5. The lowest BCUT2D eigenvalue weighted by molar-refractivity contribution is -0.111. The molecule has 0 aliphatic carbocycles. The maximum Gasteiger partial charge on any atom is 0.410 e. The van der Waals surface area contributed by atoms with E-state index in [-0.39, 0.29) is 18.4 Å². The van der Waals surface area contributed by atoms with Crippen LogP contribution in [-0.4, -0.2) is 52.6 Å². The minimum absolute atomic E-state index is 0.0881. The van der Waals surface area contributed by atoms with Crippen LogP contribution in [0.2, 0.25) is 0 Å². The van der Waals surface area contributed by atoms with Gasteiger partial charge in [-0.2, -0.15) is 0 Å². The first-order valence-electron chi connectivity index (χ1n) is 6.66. The molecule has 0 aromatic carbocycles. The van der Waals surface area contributed by atoms with Crippen LogP contribution in [0, 0.1) is 0 Å². The molecule has 0 aromatic rings. The van der Waals surface area contributed by atoms with Gasteiger partial charge in [0.2, 0.25) is 0 Å². The van der Waals surface area contributed by atoms with E-state index in [4.69, 9.17) is 9.47 Å². The monoisotopic (exact) mass is 315 g/mol. The number of likely N-dealkylation sites (tertiary alicyclic amines) is 1. The van der Waals surface area contributed by atoms with E-state index in [9.17, 15) is 14.4 Å². The Morgan fingerprint density at radius 3 is 2.62 bits per heavy atom. The van der Waals surface area contributed by atoms with Gasteiger partial charge in [0.1, 0.15) is 18.5 Å². The van der Waals surface area contributed by atoms with Crippen molar-refractivity contribution in [1.82, 2.24) is 4.90 Å². The minimum atomic E-state index is -0.570. The molecule has 0 radical (unpaired) electrons. The topological polar surface area (TPSA) is 72.9 Å². The fourth-order valence-corrected chi connectivity index (χ4v) is 2.97. The summed E-state index contributed by atoms with van der Waals surface area (Å²) in [5.41, 5.74) is -0.560. The highest BCUT2D eigenvalue weighted by Crippen LogP contribution is 2.29. The number of rotatable bonds is 4. The lowest BCUT2D eigenvalue weighted by Crippen LogP contribution is -2.37. The maximum atomic E-state index is 11.8. The van der Waals surface area contributed by atoms with Crippen LogP contribution in [0.15, 0.2) is 12.7 Å². The molecule has 0 unspecified atom stereocenters. The predicted octanol–water partition coefficient (Wildman–Crippen LogP) is 2.62. The van der Waals surface area contributed by atoms with E-state index >= 15 is 0 Å². The van der Waals surface area contributed by atoms with Gasteiger partial charge in [0, 0.05) is 11.8 Å². The molecule has 1 amide bonds.